The van der Waals surface area contributed by atoms with Crippen molar-refractivity contribution in [1.29, 1.82) is 0 Å². The van der Waals surface area contributed by atoms with E-state index in [1.54, 1.807) is 0 Å². The van der Waals surface area contributed by atoms with Gasteiger partial charge in [0.25, 0.3) is 0 Å². The zero-order valence-corrected chi connectivity index (χ0v) is 34.2. The highest BCUT2D eigenvalue weighted by Crippen LogP contribution is 2.53. The molecule has 0 amide bonds. The zero-order chi connectivity index (χ0) is 39.7. The minimum absolute atomic E-state index is 0.183. The molecule has 60 heavy (non-hydrogen) atoms. The lowest BCUT2D eigenvalue weighted by molar-refractivity contribution is 0.661. The van der Waals surface area contributed by atoms with E-state index in [1.165, 1.54) is 130 Å². The first-order valence-corrected chi connectivity index (χ1v) is 21.8. The van der Waals surface area contributed by atoms with Gasteiger partial charge < -0.3 is 0 Å². The normalized spacial score (nSPS) is 13.3. The van der Waals surface area contributed by atoms with Crippen LogP contribution in [0.3, 0.4) is 0 Å². The topological polar surface area (TPSA) is 0 Å². The van der Waals surface area contributed by atoms with E-state index >= 15 is 0 Å². The summed E-state index contributed by atoms with van der Waals surface area (Å²) in [5.74, 6) is 0. The molecule has 0 fully saturated rings. The first-order valence-electron chi connectivity index (χ1n) is 21.0. The molecule has 13 rings (SSSR count). The number of benzene rings is 11. The monoisotopic (exact) mass is 778 g/mol. The summed E-state index contributed by atoms with van der Waals surface area (Å²) >= 11 is 1.92. The fourth-order valence-corrected chi connectivity index (χ4v) is 12.1. The van der Waals surface area contributed by atoms with E-state index in [0.29, 0.717) is 0 Å². The molecule has 0 N–H and O–H groups in total. The number of fused-ring (bicyclic) bond motifs is 14. The second-order valence-electron chi connectivity index (χ2n) is 17.1. The van der Waals surface area contributed by atoms with Crippen LogP contribution in [0.4, 0.5) is 0 Å². The fourth-order valence-electron chi connectivity index (χ4n) is 10.8. The molecule has 0 saturated heterocycles. The summed E-state index contributed by atoms with van der Waals surface area (Å²) in [4.78, 5) is 0. The van der Waals surface area contributed by atoms with Gasteiger partial charge in [-0.2, -0.15) is 0 Å². The lowest BCUT2D eigenvalue weighted by Crippen LogP contribution is -2.15. The molecule has 1 aliphatic rings. The van der Waals surface area contributed by atoms with Gasteiger partial charge in [0.1, 0.15) is 0 Å². The lowest BCUT2D eigenvalue weighted by Gasteiger charge is -2.23. The van der Waals surface area contributed by atoms with Gasteiger partial charge in [-0.05, 0) is 128 Å². The first-order chi connectivity index (χ1) is 29.5. The second-order valence-corrected chi connectivity index (χ2v) is 18.2. The predicted octanol–water partition coefficient (Wildman–Crippen LogP) is 17.1. The average Bonchev–Trinajstić information content (AvgIpc) is 3.80. The third kappa shape index (κ3) is 4.67. The molecule has 1 heteroatoms. The van der Waals surface area contributed by atoms with E-state index in [4.69, 9.17) is 0 Å². The van der Waals surface area contributed by atoms with Crippen molar-refractivity contribution in [3.63, 3.8) is 0 Å². The summed E-state index contributed by atoms with van der Waals surface area (Å²) in [5, 5.41) is 15.7. The van der Waals surface area contributed by atoms with Gasteiger partial charge in [0.2, 0.25) is 0 Å². The highest BCUT2D eigenvalue weighted by atomic mass is 32.1. The fraction of sp³-hybridized carbons (Fsp3) is 0.0508. The van der Waals surface area contributed by atoms with Crippen LogP contribution in [0, 0.1) is 0 Å². The minimum atomic E-state index is -0.183. The Morgan fingerprint density at radius 1 is 0.333 bits per heavy atom. The molecule has 0 aliphatic heterocycles. The molecule has 0 atom stereocenters. The maximum absolute atomic E-state index is 2.50. The molecular formula is C59H38S. The van der Waals surface area contributed by atoms with E-state index in [9.17, 15) is 0 Å². The van der Waals surface area contributed by atoms with E-state index in [-0.39, 0.29) is 5.41 Å². The van der Waals surface area contributed by atoms with Crippen LogP contribution in [0.1, 0.15) is 25.0 Å². The van der Waals surface area contributed by atoms with Gasteiger partial charge in [-0.3, -0.25) is 0 Å². The van der Waals surface area contributed by atoms with Gasteiger partial charge in [-0.15, -0.1) is 11.3 Å². The molecule has 0 unspecified atom stereocenters. The molecule has 0 nitrogen and oxygen atoms in total. The summed E-state index contributed by atoms with van der Waals surface area (Å²) < 4.78 is 2.72. The Morgan fingerprint density at radius 3 is 1.57 bits per heavy atom. The second kappa shape index (κ2) is 12.5. The summed E-state index contributed by atoms with van der Waals surface area (Å²) in [6.07, 6.45) is 0. The van der Waals surface area contributed by atoms with Crippen molar-refractivity contribution in [3.8, 4) is 44.5 Å². The van der Waals surface area contributed by atoms with Gasteiger partial charge in [-0.25, -0.2) is 0 Å². The number of hydrogen-bond donors (Lipinski definition) is 0. The van der Waals surface area contributed by atoms with Crippen LogP contribution in [0.2, 0.25) is 0 Å². The van der Waals surface area contributed by atoms with Crippen LogP contribution in [0.5, 0.6) is 0 Å². The third-order valence-corrected chi connectivity index (χ3v) is 14.8. The molecule has 1 aromatic heterocycles. The van der Waals surface area contributed by atoms with E-state index in [0.717, 1.165) is 0 Å². The Hall–Kier alpha value is -7.06. The Balaban J connectivity index is 0.962. The highest BCUT2D eigenvalue weighted by Gasteiger charge is 2.36. The number of rotatable bonds is 3. The molecule has 0 spiro atoms. The van der Waals surface area contributed by atoms with E-state index in [1.807, 2.05) is 11.3 Å². The minimum Gasteiger partial charge on any atom is -0.135 e. The van der Waals surface area contributed by atoms with Crippen LogP contribution < -0.4 is 0 Å². The maximum Gasteiger partial charge on any atom is 0.0440 e. The number of thiophene rings is 1. The highest BCUT2D eigenvalue weighted by molar-refractivity contribution is 7.27. The molecule has 1 aliphatic carbocycles. The zero-order valence-electron chi connectivity index (χ0n) is 33.4. The largest absolute Gasteiger partial charge is 0.135 e. The predicted molar refractivity (Wildman–Crippen MR) is 261 cm³/mol. The van der Waals surface area contributed by atoms with Crippen LogP contribution in [-0.2, 0) is 5.41 Å². The van der Waals surface area contributed by atoms with Crippen LogP contribution >= 0.6 is 11.3 Å². The Bertz CT molecular complexity index is 3740. The summed E-state index contributed by atoms with van der Waals surface area (Å²) in [5.41, 5.74) is 12.9. The smallest absolute Gasteiger partial charge is 0.0440 e. The summed E-state index contributed by atoms with van der Waals surface area (Å²) in [7, 11) is 0. The van der Waals surface area contributed by atoms with Gasteiger partial charge in [-0.1, -0.05) is 184 Å². The number of hydrogen-bond acceptors (Lipinski definition) is 1. The van der Waals surface area contributed by atoms with Crippen molar-refractivity contribution in [2.75, 3.05) is 0 Å². The van der Waals surface area contributed by atoms with Crippen molar-refractivity contribution >= 4 is 85.4 Å². The molecule has 12 aromatic rings. The van der Waals surface area contributed by atoms with Crippen LogP contribution in [0.25, 0.3) is 119 Å². The molecule has 0 radical (unpaired) electrons. The SMILES string of the molecule is CC1(C)c2cc(-c3ccc4c(c3)c3ccccc3c3c5ccccc5sc43)ccc2-c2ccc(-c3c4ccccc4c(-c4cccc5ccccc45)c4ccccc34)cc21. The standard InChI is InChI=1S/C59H38S/c1-59(2)52-33-37(36-27-31-49-51(32-36)40-17-5-6-18-44(40)57-50-23-11-12-25-54(50)60-58(49)57)26-29-41(52)42-30-28-38(34-53(42)59)55-45-19-7-9-21-47(45)56(48-22-10-8-20-46(48)55)43-24-13-15-35-14-3-4-16-39(35)43/h3-34H,1-2H3. The molecular weight excluding hydrogens is 741 g/mol. The van der Waals surface area contributed by atoms with Gasteiger partial charge >= 0.3 is 0 Å². The maximum atomic E-state index is 2.50. The molecule has 1 heterocycles. The third-order valence-electron chi connectivity index (χ3n) is 13.6. The molecule has 0 saturated carbocycles. The quantitative estimate of drug-likeness (QED) is 0.124. The van der Waals surface area contributed by atoms with Gasteiger partial charge in [0.15, 0.2) is 0 Å². The van der Waals surface area contributed by atoms with Crippen molar-refractivity contribution in [2.24, 2.45) is 0 Å². The van der Waals surface area contributed by atoms with Crippen LogP contribution in [0.15, 0.2) is 194 Å². The lowest BCUT2D eigenvalue weighted by atomic mass is 9.79. The van der Waals surface area contributed by atoms with Crippen LogP contribution in [-0.4, -0.2) is 0 Å². The van der Waals surface area contributed by atoms with Crippen molar-refractivity contribution < 1.29 is 0 Å². The summed E-state index contributed by atoms with van der Waals surface area (Å²) in [6, 6.07) is 73.0. The Morgan fingerprint density at radius 2 is 0.850 bits per heavy atom. The molecule has 11 aromatic carbocycles. The Kier molecular flexibility index (Phi) is 7.04. The average molecular weight is 779 g/mol. The first kappa shape index (κ1) is 33.9. The summed E-state index contributed by atoms with van der Waals surface area (Å²) in [6.45, 7) is 4.83. The van der Waals surface area contributed by atoms with Crippen molar-refractivity contribution in [3.05, 3.63) is 205 Å². The van der Waals surface area contributed by atoms with E-state index in [2.05, 4.69) is 208 Å². The van der Waals surface area contributed by atoms with Gasteiger partial charge in [0.05, 0.1) is 0 Å². The van der Waals surface area contributed by atoms with Gasteiger partial charge in [0, 0.05) is 31.0 Å². The Labute approximate surface area is 352 Å². The molecule has 280 valence electrons. The molecule has 0 bridgehead atoms. The van der Waals surface area contributed by atoms with Crippen molar-refractivity contribution in [2.45, 2.75) is 19.3 Å². The van der Waals surface area contributed by atoms with Crippen molar-refractivity contribution in [1.82, 2.24) is 0 Å². The van der Waals surface area contributed by atoms with E-state index < -0.39 is 0 Å².